The highest BCUT2D eigenvalue weighted by Gasteiger charge is 2.35. The molecule has 0 aliphatic carbocycles. The number of benzene rings is 1. The van der Waals surface area contributed by atoms with Gasteiger partial charge >= 0.3 is 5.69 Å². The van der Waals surface area contributed by atoms with Gasteiger partial charge in [-0.1, -0.05) is 0 Å². The fourth-order valence-corrected chi connectivity index (χ4v) is 4.46. The Kier molecular flexibility index (Phi) is 4.42. The fourth-order valence-electron chi connectivity index (χ4n) is 4.46. The van der Waals surface area contributed by atoms with Crippen LogP contribution in [0.5, 0.6) is 5.75 Å². The minimum Gasteiger partial charge on any atom is -0.493 e. The van der Waals surface area contributed by atoms with Crippen molar-refractivity contribution in [3.05, 3.63) is 55.5 Å². The van der Waals surface area contributed by atoms with Gasteiger partial charge in [-0.25, -0.2) is 13.6 Å². The molecule has 1 aromatic carbocycles. The minimum absolute atomic E-state index is 0.123. The van der Waals surface area contributed by atoms with Crippen LogP contribution in [0.2, 0.25) is 0 Å². The van der Waals surface area contributed by atoms with E-state index in [1.807, 2.05) is 0 Å². The van der Waals surface area contributed by atoms with E-state index in [1.54, 1.807) is 0 Å². The van der Waals surface area contributed by atoms with Gasteiger partial charge < -0.3 is 14.8 Å². The number of nitrogens with one attached hydrogen (secondary N) is 2. The molecule has 29 heavy (non-hydrogen) atoms. The molecule has 9 heteroatoms. The Labute approximate surface area is 164 Å². The maximum atomic E-state index is 15.1. The van der Waals surface area contributed by atoms with E-state index in [0.717, 1.165) is 5.56 Å². The van der Waals surface area contributed by atoms with Crippen LogP contribution in [0.4, 0.5) is 14.6 Å². The summed E-state index contributed by atoms with van der Waals surface area (Å²) in [5.74, 6) is 0.170. The SMILES string of the molecule is O=c1[nH]c2c(c(=O)n1C1CCOCC1)C[C@H](F)[C@H](c1cc3c(cc1F)CCO3)N2. The summed E-state index contributed by atoms with van der Waals surface area (Å²) in [5.41, 5.74) is 0.00511. The molecule has 1 saturated heterocycles. The molecule has 5 rings (SSSR count). The Morgan fingerprint density at radius 1 is 1.14 bits per heavy atom. The van der Waals surface area contributed by atoms with Gasteiger partial charge in [-0.05, 0) is 25.0 Å². The van der Waals surface area contributed by atoms with Gasteiger partial charge in [-0.2, -0.15) is 0 Å². The second-order valence-corrected chi connectivity index (χ2v) is 7.72. The third kappa shape index (κ3) is 3.04. The van der Waals surface area contributed by atoms with Gasteiger partial charge in [0.15, 0.2) is 0 Å². The van der Waals surface area contributed by atoms with E-state index in [4.69, 9.17) is 9.47 Å². The summed E-state index contributed by atoms with van der Waals surface area (Å²) in [6.45, 7) is 1.41. The summed E-state index contributed by atoms with van der Waals surface area (Å²) >= 11 is 0. The van der Waals surface area contributed by atoms with Crippen LogP contribution in [0, 0.1) is 5.82 Å². The molecule has 1 aromatic heterocycles. The van der Waals surface area contributed by atoms with E-state index in [9.17, 15) is 14.0 Å². The van der Waals surface area contributed by atoms with Crippen molar-refractivity contribution >= 4 is 5.82 Å². The van der Waals surface area contributed by atoms with E-state index in [1.165, 1.54) is 16.7 Å². The van der Waals surface area contributed by atoms with Crippen LogP contribution < -0.4 is 21.3 Å². The van der Waals surface area contributed by atoms with Crippen LogP contribution in [0.25, 0.3) is 0 Å². The summed E-state index contributed by atoms with van der Waals surface area (Å²) in [6.07, 6.45) is -0.0124. The average molecular weight is 405 g/mol. The largest absolute Gasteiger partial charge is 0.493 e. The van der Waals surface area contributed by atoms with Crippen molar-refractivity contribution in [2.24, 2.45) is 0 Å². The van der Waals surface area contributed by atoms with Crippen LogP contribution >= 0.6 is 0 Å². The zero-order valence-corrected chi connectivity index (χ0v) is 15.7. The Morgan fingerprint density at radius 3 is 2.72 bits per heavy atom. The quantitative estimate of drug-likeness (QED) is 0.799. The molecule has 1 fully saturated rings. The molecular formula is C20H21F2N3O4. The molecule has 7 nitrogen and oxygen atoms in total. The van der Waals surface area contributed by atoms with Crippen molar-refractivity contribution in [2.75, 3.05) is 25.1 Å². The number of anilines is 1. The molecule has 0 bridgehead atoms. The molecule has 2 atom stereocenters. The Hall–Kier alpha value is -2.68. The third-order valence-electron chi connectivity index (χ3n) is 5.99. The van der Waals surface area contributed by atoms with Crippen LogP contribution in [0.3, 0.4) is 0 Å². The highest BCUT2D eigenvalue weighted by Crippen LogP contribution is 2.37. The second kappa shape index (κ2) is 6.98. The highest BCUT2D eigenvalue weighted by molar-refractivity contribution is 5.51. The van der Waals surface area contributed by atoms with Crippen molar-refractivity contribution in [3.8, 4) is 5.75 Å². The molecule has 2 aromatic rings. The number of nitrogens with zero attached hydrogens (tertiary/aromatic N) is 1. The molecule has 0 amide bonds. The number of H-pyrrole nitrogens is 1. The first kappa shape index (κ1) is 18.4. The first-order valence-electron chi connectivity index (χ1n) is 9.84. The number of alkyl halides is 1. The molecule has 0 radical (unpaired) electrons. The van der Waals surface area contributed by atoms with E-state index >= 15 is 4.39 Å². The topological polar surface area (TPSA) is 85.4 Å². The highest BCUT2D eigenvalue weighted by atomic mass is 19.1. The molecule has 0 saturated carbocycles. The number of hydrogen-bond donors (Lipinski definition) is 2. The predicted octanol–water partition coefficient (Wildman–Crippen LogP) is 2.01. The number of hydrogen-bond acceptors (Lipinski definition) is 5. The second-order valence-electron chi connectivity index (χ2n) is 7.72. The number of halogens is 2. The fraction of sp³-hybridized carbons (Fsp3) is 0.500. The molecule has 3 aliphatic heterocycles. The third-order valence-corrected chi connectivity index (χ3v) is 5.99. The van der Waals surface area contributed by atoms with Gasteiger partial charge in [0.2, 0.25) is 0 Å². The minimum atomic E-state index is -1.53. The standard InChI is InChI=1S/C20H21F2N3O4/c21-14-7-10-1-6-29-16(10)9-12(14)17-15(22)8-13-18(23-17)24-20(27)25(19(13)26)11-2-4-28-5-3-11/h7,9,11,15,17,23H,1-6,8H2,(H,24,27)/t15-,17-/m0/s1. The lowest BCUT2D eigenvalue weighted by Crippen LogP contribution is -2.45. The van der Waals surface area contributed by atoms with Gasteiger partial charge in [0.1, 0.15) is 23.6 Å². The molecule has 3 aliphatic rings. The number of aromatic nitrogens is 2. The van der Waals surface area contributed by atoms with Crippen LogP contribution in [-0.2, 0) is 17.6 Å². The van der Waals surface area contributed by atoms with Crippen molar-refractivity contribution < 1.29 is 18.3 Å². The summed E-state index contributed by atoms with van der Waals surface area (Å²) in [5, 5.41) is 2.84. The number of ether oxygens (including phenoxy) is 2. The van der Waals surface area contributed by atoms with Crippen molar-refractivity contribution in [2.45, 2.75) is 43.9 Å². The van der Waals surface area contributed by atoms with Crippen LogP contribution in [0.1, 0.15) is 41.6 Å². The summed E-state index contributed by atoms with van der Waals surface area (Å²) < 4.78 is 41.6. The zero-order valence-electron chi connectivity index (χ0n) is 15.7. The normalized spacial score (nSPS) is 23.8. The number of aromatic amines is 1. The summed E-state index contributed by atoms with van der Waals surface area (Å²) in [6, 6.07) is 1.58. The Morgan fingerprint density at radius 2 is 1.93 bits per heavy atom. The van der Waals surface area contributed by atoms with Crippen molar-refractivity contribution in [1.82, 2.24) is 9.55 Å². The van der Waals surface area contributed by atoms with Crippen molar-refractivity contribution in [1.29, 1.82) is 0 Å². The van der Waals surface area contributed by atoms with Gasteiger partial charge in [0.05, 0.1) is 18.2 Å². The number of fused-ring (bicyclic) bond motifs is 2. The smallest absolute Gasteiger partial charge is 0.330 e. The summed E-state index contributed by atoms with van der Waals surface area (Å²) in [7, 11) is 0. The molecule has 2 N–H and O–H groups in total. The van der Waals surface area contributed by atoms with E-state index in [-0.39, 0.29) is 29.4 Å². The number of rotatable bonds is 2. The van der Waals surface area contributed by atoms with E-state index < -0.39 is 29.3 Å². The van der Waals surface area contributed by atoms with Gasteiger partial charge in [0, 0.05) is 43.2 Å². The lowest BCUT2D eigenvalue weighted by atomic mass is 9.92. The van der Waals surface area contributed by atoms with E-state index in [2.05, 4.69) is 10.3 Å². The molecule has 0 unspecified atom stereocenters. The Bertz CT molecular complexity index is 1070. The first-order chi connectivity index (χ1) is 14.0. The zero-order chi connectivity index (χ0) is 20.1. The maximum Gasteiger partial charge on any atom is 0.330 e. The summed E-state index contributed by atoms with van der Waals surface area (Å²) in [4.78, 5) is 28.2. The predicted molar refractivity (Wildman–Crippen MR) is 101 cm³/mol. The first-order valence-corrected chi connectivity index (χ1v) is 9.84. The molecular weight excluding hydrogens is 384 g/mol. The van der Waals surface area contributed by atoms with Crippen LogP contribution in [-0.4, -0.2) is 35.5 Å². The van der Waals surface area contributed by atoms with Gasteiger partial charge in [-0.3, -0.25) is 14.3 Å². The van der Waals surface area contributed by atoms with Crippen LogP contribution in [0.15, 0.2) is 21.7 Å². The monoisotopic (exact) mass is 405 g/mol. The van der Waals surface area contributed by atoms with Gasteiger partial charge in [-0.15, -0.1) is 0 Å². The van der Waals surface area contributed by atoms with Crippen molar-refractivity contribution in [3.63, 3.8) is 0 Å². The molecule has 154 valence electrons. The lowest BCUT2D eigenvalue weighted by Gasteiger charge is -2.31. The maximum absolute atomic E-state index is 15.1. The lowest BCUT2D eigenvalue weighted by molar-refractivity contribution is 0.0673. The Balaban J connectivity index is 1.53. The molecule has 4 heterocycles. The van der Waals surface area contributed by atoms with Gasteiger partial charge in [0.25, 0.3) is 5.56 Å². The van der Waals surface area contributed by atoms with E-state index in [0.29, 0.717) is 44.8 Å². The molecule has 0 spiro atoms. The average Bonchev–Trinajstić information content (AvgIpc) is 3.16.